The number of urea groups is 1. The summed E-state index contributed by atoms with van der Waals surface area (Å²) in [5.41, 5.74) is 1.00. The van der Waals surface area contributed by atoms with Gasteiger partial charge in [-0.1, -0.05) is 30.3 Å². The van der Waals surface area contributed by atoms with Crippen LogP contribution < -0.4 is 10.6 Å². The Labute approximate surface area is 156 Å². The number of esters is 1. The van der Waals surface area contributed by atoms with E-state index in [1.807, 2.05) is 30.3 Å². The van der Waals surface area contributed by atoms with Gasteiger partial charge in [0.05, 0.1) is 13.7 Å². The zero-order valence-corrected chi connectivity index (χ0v) is 14.9. The molecule has 27 heavy (non-hydrogen) atoms. The molecule has 0 fully saturated rings. The summed E-state index contributed by atoms with van der Waals surface area (Å²) in [7, 11) is 1.25. The van der Waals surface area contributed by atoms with Gasteiger partial charge in [-0.3, -0.25) is 4.79 Å². The molecule has 8 nitrogen and oxygen atoms in total. The van der Waals surface area contributed by atoms with Crippen molar-refractivity contribution in [2.75, 3.05) is 7.11 Å². The molecule has 0 saturated carbocycles. The Morgan fingerprint density at radius 2 is 1.89 bits per heavy atom. The highest BCUT2D eigenvalue weighted by molar-refractivity contribution is 5.86. The van der Waals surface area contributed by atoms with E-state index in [9.17, 15) is 14.4 Å². The maximum absolute atomic E-state index is 12.2. The van der Waals surface area contributed by atoms with Crippen LogP contribution in [-0.2, 0) is 22.5 Å². The van der Waals surface area contributed by atoms with Gasteiger partial charge >= 0.3 is 18.0 Å². The summed E-state index contributed by atoms with van der Waals surface area (Å²) in [6, 6.07) is 11.8. The van der Waals surface area contributed by atoms with Crippen molar-refractivity contribution in [3.05, 3.63) is 59.5 Å². The van der Waals surface area contributed by atoms with Crippen LogP contribution >= 0.6 is 0 Å². The molecule has 1 aromatic carbocycles. The number of carboxylic acid groups (broad SMARTS) is 1. The molecule has 2 aromatic rings. The molecule has 0 saturated heterocycles. The Morgan fingerprint density at radius 3 is 2.56 bits per heavy atom. The number of carbonyl (C=O) groups excluding carboxylic acids is 2. The number of benzene rings is 1. The van der Waals surface area contributed by atoms with E-state index in [0.717, 1.165) is 5.56 Å². The number of furan rings is 1. The Morgan fingerprint density at radius 1 is 1.15 bits per heavy atom. The predicted molar refractivity (Wildman–Crippen MR) is 96.2 cm³/mol. The highest BCUT2D eigenvalue weighted by atomic mass is 16.5. The van der Waals surface area contributed by atoms with Crippen LogP contribution in [0.5, 0.6) is 0 Å². The number of hydrogen-bond donors (Lipinski definition) is 3. The first-order valence-corrected chi connectivity index (χ1v) is 8.45. The highest BCUT2D eigenvalue weighted by Crippen LogP contribution is 2.10. The van der Waals surface area contributed by atoms with Crippen LogP contribution in [0.25, 0.3) is 0 Å². The van der Waals surface area contributed by atoms with Gasteiger partial charge in [0.2, 0.25) is 5.76 Å². The number of aliphatic carboxylic acids is 1. The molecule has 0 radical (unpaired) electrons. The number of ether oxygens (including phenoxy) is 1. The van der Waals surface area contributed by atoms with Crippen molar-refractivity contribution in [2.24, 2.45) is 0 Å². The fourth-order valence-electron chi connectivity index (χ4n) is 2.51. The monoisotopic (exact) mass is 374 g/mol. The standard InChI is InChI=1S/C19H22N2O6/c1-26-18(24)16-9-8-15(27-16)12-20-19(25)21-14(7-10-17(22)23)11-13-5-3-2-4-6-13/h2-6,8-9,14H,7,10-12H2,1H3,(H,22,23)(H2,20,21,25). The number of nitrogens with one attached hydrogen (secondary N) is 2. The minimum atomic E-state index is -0.916. The minimum absolute atomic E-state index is 0.0432. The van der Waals surface area contributed by atoms with Crippen molar-refractivity contribution in [2.45, 2.75) is 31.8 Å². The van der Waals surface area contributed by atoms with E-state index in [0.29, 0.717) is 18.6 Å². The molecule has 1 heterocycles. The fraction of sp³-hybridized carbons (Fsp3) is 0.316. The number of carbonyl (C=O) groups is 3. The first kappa shape index (κ1) is 20.0. The van der Waals surface area contributed by atoms with Crippen molar-refractivity contribution in [1.82, 2.24) is 10.6 Å². The Balaban J connectivity index is 1.89. The molecule has 2 amide bonds. The summed E-state index contributed by atoms with van der Waals surface area (Å²) in [6.45, 7) is 0.0831. The molecule has 8 heteroatoms. The lowest BCUT2D eigenvalue weighted by atomic mass is 10.0. The smallest absolute Gasteiger partial charge is 0.373 e. The third-order valence-electron chi connectivity index (χ3n) is 3.84. The van der Waals surface area contributed by atoms with Gasteiger partial charge in [0, 0.05) is 12.5 Å². The first-order chi connectivity index (χ1) is 13.0. The van der Waals surface area contributed by atoms with Crippen LogP contribution in [0.15, 0.2) is 46.9 Å². The van der Waals surface area contributed by atoms with Crippen molar-refractivity contribution in [3.63, 3.8) is 0 Å². The average molecular weight is 374 g/mol. The van der Waals surface area contributed by atoms with Crippen molar-refractivity contribution in [3.8, 4) is 0 Å². The van der Waals surface area contributed by atoms with Gasteiger partial charge in [-0.15, -0.1) is 0 Å². The highest BCUT2D eigenvalue weighted by Gasteiger charge is 2.16. The average Bonchev–Trinajstić information content (AvgIpc) is 3.13. The third kappa shape index (κ3) is 6.85. The predicted octanol–water partition coefficient (Wildman–Crippen LogP) is 2.34. The summed E-state index contributed by atoms with van der Waals surface area (Å²) < 4.78 is 9.82. The molecule has 0 aliphatic carbocycles. The summed E-state index contributed by atoms with van der Waals surface area (Å²) >= 11 is 0. The SMILES string of the molecule is COC(=O)c1ccc(CNC(=O)NC(CCC(=O)O)Cc2ccccc2)o1. The number of hydrogen-bond acceptors (Lipinski definition) is 5. The van der Waals surface area contributed by atoms with Crippen LogP contribution in [0.2, 0.25) is 0 Å². The lowest BCUT2D eigenvalue weighted by Gasteiger charge is -2.18. The van der Waals surface area contributed by atoms with Gasteiger partial charge in [0.1, 0.15) is 5.76 Å². The molecule has 0 bridgehead atoms. The van der Waals surface area contributed by atoms with Gasteiger partial charge in [-0.2, -0.15) is 0 Å². The van der Waals surface area contributed by atoms with Gasteiger partial charge in [0.15, 0.2) is 0 Å². The van der Waals surface area contributed by atoms with Crippen molar-refractivity contribution < 1.29 is 28.6 Å². The number of methoxy groups -OCH3 is 1. The van der Waals surface area contributed by atoms with Crippen molar-refractivity contribution >= 4 is 18.0 Å². The van der Waals surface area contributed by atoms with E-state index < -0.39 is 18.0 Å². The number of carboxylic acids is 1. The second kappa shape index (κ2) is 10.0. The molecule has 0 aliphatic heterocycles. The van der Waals surface area contributed by atoms with Crippen LogP contribution in [-0.4, -0.2) is 36.2 Å². The van der Waals surface area contributed by atoms with Crippen LogP contribution in [0, 0.1) is 0 Å². The summed E-state index contributed by atoms with van der Waals surface area (Å²) in [5.74, 6) is -1.06. The van der Waals surface area contributed by atoms with Crippen LogP contribution in [0.3, 0.4) is 0 Å². The van der Waals surface area contributed by atoms with E-state index in [1.165, 1.54) is 13.2 Å². The summed E-state index contributed by atoms with van der Waals surface area (Å²) in [5, 5.41) is 14.3. The lowest BCUT2D eigenvalue weighted by molar-refractivity contribution is -0.137. The molecule has 0 spiro atoms. The maximum Gasteiger partial charge on any atom is 0.373 e. The molecular formula is C19H22N2O6. The van der Waals surface area contributed by atoms with Gasteiger partial charge in [-0.25, -0.2) is 9.59 Å². The van der Waals surface area contributed by atoms with Crippen molar-refractivity contribution in [1.29, 1.82) is 0 Å². The molecule has 1 unspecified atom stereocenters. The molecule has 144 valence electrons. The molecule has 1 atom stereocenters. The Hall–Kier alpha value is -3.29. The van der Waals surface area contributed by atoms with E-state index in [-0.39, 0.29) is 24.8 Å². The van der Waals surface area contributed by atoms with Crippen LogP contribution in [0.1, 0.15) is 34.7 Å². The Kier molecular flexibility index (Phi) is 7.42. The molecule has 3 N–H and O–H groups in total. The topological polar surface area (TPSA) is 118 Å². The second-order valence-corrected chi connectivity index (χ2v) is 5.90. The van der Waals surface area contributed by atoms with Gasteiger partial charge < -0.3 is 24.9 Å². The number of amides is 2. The zero-order chi connectivity index (χ0) is 19.6. The zero-order valence-electron chi connectivity index (χ0n) is 14.9. The number of rotatable bonds is 9. The maximum atomic E-state index is 12.2. The quantitative estimate of drug-likeness (QED) is 0.580. The Bertz CT molecular complexity index is 772. The summed E-state index contributed by atoms with van der Waals surface area (Å²) in [4.78, 5) is 34.4. The third-order valence-corrected chi connectivity index (χ3v) is 3.84. The fourth-order valence-corrected chi connectivity index (χ4v) is 2.51. The van der Waals surface area contributed by atoms with E-state index >= 15 is 0 Å². The van der Waals surface area contributed by atoms with Crippen LogP contribution in [0.4, 0.5) is 4.79 Å². The first-order valence-electron chi connectivity index (χ1n) is 8.45. The van der Waals surface area contributed by atoms with E-state index in [2.05, 4.69) is 15.4 Å². The lowest BCUT2D eigenvalue weighted by Crippen LogP contribution is -2.43. The largest absolute Gasteiger partial charge is 0.481 e. The van der Waals surface area contributed by atoms with E-state index in [4.69, 9.17) is 9.52 Å². The minimum Gasteiger partial charge on any atom is -0.481 e. The summed E-state index contributed by atoms with van der Waals surface area (Å²) in [6.07, 6.45) is 0.790. The van der Waals surface area contributed by atoms with Gasteiger partial charge in [-0.05, 0) is 30.5 Å². The molecule has 2 rings (SSSR count). The molecule has 1 aromatic heterocycles. The second-order valence-electron chi connectivity index (χ2n) is 5.90. The normalized spacial score (nSPS) is 11.4. The van der Waals surface area contributed by atoms with E-state index in [1.54, 1.807) is 6.07 Å². The molecule has 0 aliphatic rings. The molecular weight excluding hydrogens is 352 g/mol. The van der Waals surface area contributed by atoms with Gasteiger partial charge in [0.25, 0.3) is 0 Å².